The van der Waals surface area contributed by atoms with Gasteiger partial charge < -0.3 is 0 Å². The zero-order valence-electron chi connectivity index (χ0n) is 8.45. The molecule has 1 heterocycles. The third-order valence-electron chi connectivity index (χ3n) is 1.95. The molecule has 1 rings (SSSR count). The maximum atomic E-state index is 11.5. The van der Waals surface area contributed by atoms with Crippen LogP contribution in [0.15, 0.2) is 12.3 Å². The Balaban J connectivity index is 2.49. The van der Waals surface area contributed by atoms with Crippen molar-refractivity contribution < 1.29 is 4.79 Å². The van der Waals surface area contributed by atoms with E-state index in [-0.39, 0.29) is 5.78 Å². The van der Waals surface area contributed by atoms with E-state index >= 15 is 0 Å². The first-order chi connectivity index (χ1) is 6.09. The molecule has 0 fully saturated rings. The summed E-state index contributed by atoms with van der Waals surface area (Å²) in [5, 5.41) is 4.06. The first-order valence-electron chi connectivity index (χ1n) is 4.62. The van der Waals surface area contributed by atoms with Crippen LogP contribution < -0.4 is 0 Å². The van der Waals surface area contributed by atoms with E-state index in [1.807, 2.05) is 7.05 Å². The Kier molecular flexibility index (Phi) is 3.23. The molecule has 0 saturated carbocycles. The molecule has 1 aromatic heterocycles. The van der Waals surface area contributed by atoms with Crippen molar-refractivity contribution in [2.24, 2.45) is 13.0 Å². The summed E-state index contributed by atoms with van der Waals surface area (Å²) in [7, 11) is 1.82. The normalized spacial score (nSPS) is 10.8. The maximum absolute atomic E-state index is 11.5. The highest BCUT2D eigenvalue weighted by Gasteiger charge is 2.08. The predicted octanol–water partition coefficient (Wildman–Crippen LogP) is 2.04. The Morgan fingerprint density at radius 2 is 2.31 bits per heavy atom. The van der Waals surface area contributed by atoms with Gasteiger partial charge in [-0.2, -0.15) is 5.10 Å². The second-order valence-corrected chi connectivity index (χ2v) is 3.73. The van der Waals surface area contributed by atoms with Crippen LogP contribution in [-0.4, -0.2) is 15.6 Å². The third-order valence-corrected chi connectivity index (χ3v) is 1.95. The van der Waals surface area contributed by atoms with Crippen LogP contribution in [0.2, 0.25) is 0 Å². The number of hydrogen-bond acceptors (Lipinski definition) is 2. The van der Waals surface area contributed by atoms with Gasteiger partial charge >= 0.3 is 0 Å². The summed E-state index contributed by atoms with van der Waals surface area (Å²) in [4.78, 5) is 11.5. The van der Waals surface area contributed by atoms with Crippen molar-refractivity contribution in [3.8, 4) is 0 Å². The summed E-state index contributed by atoms with van der Waals surface area (Å²) < 4.78 is 1.66. The molecule has 0 aliphatic carbocycles. The standard InChI is InChI=1S/C10H16N2O/c1-8(2)4-5-10(13)9-6-7-12(3)11-9/h6-8H,4-5H2,1-3H3. The van der Waals surface area contributed by atoms with Crippen molar-refractivity contribution in [2.75, 3.05) is 0 Å². The number of rotatable bonds is 4. The van der Waals surface area contributed by atoms with Gasteiger partial charge in [-0.15, -0.1) is 0 Å². The second kappa shape index (κ2) is 4.21. The molecule has 0 amide bonds. The average molecular weight is 180 g/mol. The summed E-state index contributed by atoms with van der Waals surface area (Å²) >= 11 is 0. The zero-order chi connectivity index (χ0) is 9.84. The van der Waals surface area contributed by atoms with Crippen LogP contribution in [0.25, 0.3) is 0 Å². The molecule has 0 aromatic carbocycles. The molecule has 0 unspecified atom stereocenters. The van der Waals surface area contributed by atoms with Gasteiger partial charge in [0.2, 0.25) is 0 Å². The number of aromatic nitrogens is 2. The van der Waals surface area contributed by atoms with Crippen LogP contribution in [0.5, 0.6) is 0 Å². The van der Waals surface area contributed by atoms with Crippen molar-refractivity contribution in [3.63, 3.8) is 0 Å². The highest BCUT2D eigenvalue weighted by Crippen LogP contribution is 2.08. The predicted molar refractivity (Wildman–Crippen MR) is 51.6 cm³/mol. The maximum Gasteiger partial charge on any atom is 0.183 e. The monoisotopic (exact) mass is 180 g/mol. The van der Waals surface area contributed by atoms with Gasteiger partial charge in [-0.05, 0) is 18.4 Å². The Bertz CT molecular complexity index is 289. The summed E-state index contributed by atoms with van der Waals surface area (Å²) in [6.07, 6.45) is 3.34. The van der Waals surface area contributed by atoms with Crippen LogP contribution in [0.3, 0.4) is 0 Å². The summed E-state index contributed by atoms with van der Waals surface area (Å²) in [5.41, 5.74) is 0.586. The van der Waals surface area contributed by atoms with E-state index in [2.05, 4.69) is 18.9 Å². The number of carbonyl (C=O) groups excluding carboxylic acids is 1. The molecule has 13 heavy (non-hydrogen) atoms. The molecular formula is C10H16N2O. The number of carbonyl (C=O) groups is 1. The molecule has 1 aromatic rings. The number of ketones is 1. The largest absolute Gasteiger partial charge is 0.292 e. The molecule has 0 radical (unpaired) electrons. The molecule has 3 nitrogen and oxygen atoms in total. The minimum absolute atomic E-state index is 0.148. The molecule has 3 heteroatoms. The molecule has 0 N–H and O–H groups in total. The lowest BCUT2D eigenvalue weighted by molar-refractivity contribution is 0.0970. The van der Waals surface area contributed by atoms with Gasteiger partial charge in [-0.1, -0.05) is 13.8 Å². The highest BCUT2D eigenvalue weighted by atomic mass is 16.1. The van der Waals surface area contributed by atoms with Gasteiger partial charge in [-0.25, -0.2) is 0 Å². The lowest BCUT2D eigenvalue weighted by Gasteiger charge is -2.01. The van der Waals surface area contributed by atoms with Crippen molar-refractivity contribution in [3.05, 3.63) is 18.0 Å². The quantitative estimate of drug-likeness (QED) is 0.664. The molecule has 0 spiro atoms. The van der Waals surface area contributed by atoms with Crippen molar-refractivity contribution >= 4 is 5.78 Å². The van der Waals surface area contributed by atoms with Crippen LogP contribution in [0.4, 0.5) is 0 Å². The van der Waals surface area contributed by atoms with E-state index in [1.165, 1.54) is 0 Å². The molecule has 0 bridgehead atoms. The van der Waals surface area contributed by atoms with Crippen molar-refractivity contribution in [2.45, 2.75) is 26.7 Å². The Labute approximate surface area is 78.8 Å². The van der Waals surface area contributed by atoms with E-state index in [0.29, 0.717) is 18.0 Å². The van der Waals surface area contributed by atoms with Crippen molar-refractivity contribution in [1.82, 2.24) is 9.78 Å². The smallest absolute Gasteiger partial charge is 0.183 e. The Morgan fingerprint density at radius 1 is 1.62 bits per heavy atom. The molecule has 0 saturated heterocycles. The van der Waals surface area contributed by atoms with E-state index in [4.69, 9.17) is 0 Å². The fourth-order valence-electron chi connectivity index (χ4n) is 1.11. The van der Waals surface area contributed by atoms with Crippen molar-refractivity contribution in [1.29, 1.82) is 0 Å². The fraction of sp³-hybridized carbons (Fsp3) is 0.600. The van der Waals surface area contributed by atoms with E-state index in [9.17, 15) is 4.79 Å². The van der Waals surface area contributed by atoms with Gasteiger partial charge in [0.25, 0.3) is 0 Å². The van der Waals surface area contributed by atoms with Gasteiger partial charge in [0.1, 0.15) is 5.69 Å². The highest BCUT2D eigenvalue weighted by molar-refractivity contribution is 5.94. The number of Topliss-reactive ketones (excluding diaryl/α,β-unsaturated/α-hetero) is 1. The van der Waals surface area contributed by atoms with E-state index in [1.54, 1.807) is 16.9 Å². The summed E-state index contributed by atoms with van der Waals surface area (Å²) in [5.74, 6) is 0.724. The fourth-order valence-corrected chi connectivity index (χ4v) is 1.11. The minimum atomic E-state index is 0.148. The number of aryl methyl sites for hydroxylation is 1. The zero-order valence-corrected chi connectivity index (χ0v) is 8.45. The minimum Gasteiger partial charge on any atom is -0.292 e. The topological polar surface area (TPSA) is 34.9 Å². The average Bonchev–Trinajstić information content (AvgIpc) is 2.47. The van der Waals surface area contributed by atoms with Crippen LogP contribution >= 0.6 is 0 Å². The first kappa shape index (κ1) is 9.96. The van der Waals surface area contributed by atoms with Crippen LogP contribution in [0, 0.1) is 5.92 Å². The Morgan fingerprint density at radius 3 is 2.77 bits per heavy atom. The molecule has 0 atom stereocenters. The number of nitrogens with zero attached hydrogens (tertiary/aromatic N) is 2. The molecule has 0 aliphatic heterocycles. The van der Waals surface area contributed by atoms with Gasteiger partial charge in [0.05, 0.1) is 0 Å². The summed E-state index contributed by atoms with van der Waals surface area (Å²) in [6, 6.07) is 1.77. The number of hydrogen-bond donors (Lipinski definition) is 0. The molecule has 0 aliphatic rings. The van der Waals surface area contributed by atoms with E-state index < -0.39 is 0 Å². The van der Waals surface area contributed by atoms with Gasteiger partial charge in [0, 0.05) is 19.7 Å². The van der Waals surface area contributed by atoms with Gasteiger partial charge in [-0.3, -0.25) is 9.48 Å². The van der Waals surface area contributed by atoms with Crippen LogP contribution in [0.1, 0.15) is 37.2 Å². The lowest BCUT2D eigenvalue weighted by Crippen LogP contribution is -2.03. The van der Waals surface area contributed by atoms with E-state index in [0.717, 1.165) is 6.42 Å². The molecule has 72 valence electrons. The third kappa shape index (κ3) is 3.01. The second-order valence-electron chi connectivity index (χ2n) is 3.73. The van der Waals surface area contributed by atoms with Gasteiger partial charge in [0.15, 0.2) is 5.78 Å². The first-order valence-corrected chi connectivity index (χ1v) is 4.62. The Hall–Kier alpha value is -1.12. The SMILES string of the molecule is CC(C)CCC(=O)c1ccn(C)n1. The molecular weight excluding hydrogens is 164 g/mol. The lowest BCUT2D eigenvalue weighted by atomic mass is 10.0. The summed E-state index contributed by atoms with van der Waals surface area (Å²) in [6.45, 7) is 4.23. The van der Waals surface area contributed by atoms with Crippen LogP contribution in [-0.2, 0) is 7.05 Å².